The molecular formula is C7H8ClNO4S. The number of aromatic nitrogens is 1. The second-order valence-corrected chi connectivity index (χ2v) is 5.12. The van der Waals surface area contributed by atoms with Crippen LogP contribution in [0.15, 0.2) is 28.0 Å². The van der Waals surface area contributed by atoms with Crippen molar-refractivity contribution in [2.45, 2.75) is 11.4 Å². The number of aliphatic hydroxyl groups excluding tert-OH is 1. The van der Waals surface area contributed by atoms with Crippen LogP contribution in [0.2, 0.25) is 0 Å². The van der Waals surface area contributed by atoms with Gasteiger partial charge in [0.2, 0.25) is 0 Å². The van der Waals surface area contributed by atoms with E-state index in [2.05, 4.69) is 0 Å². The van der Waals surface area contributed by atoms with Crippen molar-refractivity contribution in [1.82, 2.24) is 4.57 Å². The quantitative estimate of drug-likeness (QED) is 0.737. The standard InChI is InChI=1S/C7H8ClNO4S/c8-14(12,13)6-1-2-7(11)9(5-6)3-4-10/h1-2,5,10H,3-4H2. The molecule has 14 heavy (non-hydrogen) atoms. The molecule has 5 nitrogen and oxygen atoms in total. The molecule has 0 radical (unpaired) electrons. The maximum atomic E-state index is 11.1. The summed E-state index contributed by atoms with van der Waals surface area (Å²) in [5.41, 5.74) is -0.386. The van der Waals surface area contributed by atoms with Crippen LogP contribution < -0.4 is 5.56 Å². The van der Waals surface area contributed by atoms with Gasteiger partial charge in [0, 0.05) is 29.5 Å². The van der Waals surface area contributed by atoms with Crippen LogP contribution in [-0.2, 0) is 15.6 Å². The molecule has 0 bridgehead atoms. The van der Waals surface area contributed by atoms with E-state index < -0.39 is 9.05 Å². The van der Waals surface area contributed by atoms with Crippen LogP contribution in [0.5, 0.6) is 0 Å². The van der Waals surface area contributed by atoms with Crippen LogP contribution in [0.3, 0.4) is 0 Å². The Morgan fingerprint density at radius 2 is 2.07 bits per heavy atom. The highest BCUT2D eigenvalue weighted by molar-refractivity contribution is 8.13. The van der Waals surface area contributed by atoms with Gasteiger partial charge in [-0.2, -0.15) is 0 Å². The molecule has 0 aliphatic rings. The first-order chi connectivity index (χ1) is 6.45. The molecular weight excluding hydrogens is 230 g/mol. The first-order valence-electron chi connectivity index (χ1n) is 3.71. The van der Waals surface area contributed by atoms with Gasteiger partial charge in [0.15, 0.2) is 0 Å². The molecule has 0 spiro atoms. The van der Waals surface area contributed by atoms with Crippen molar-refractivity contribution < 1.29 is 13.5 Å². The summed E-state index contributed by atoms with van der Waals surface area (Å²) in [6.07, 6.45) is 1.10. The molecule has 0 aliphatic heterocycles. The molecule has 0 unspecified atom stereocenters. The van der Waals surface area contributed by atoms with E-state index in [1.807, 2.05) is 0 Å². The van der Waals surface area contributed by atoms with Crippen molar-refractivity contribution in [3.8, 4) is 0 Å². The van der Waals surface area contributed by atoms with Gasteiger partial charge in [-0.15, -0.1) is 0 Å². The van der Waals surface area contributed by atoms with Gasteiger partial charge in [-0.3, -0.25) is 4.79 Å². The molecule has 1 aromatic heterocycles. The SMILES string of the molecule is O=c1ccc(S(=O)(=O)Cl)cn1CCO. The molecule has 0 amide bonds. The Morgan fingerprint density at radius 1 is 1.43 bits per heavy atom. The van der Waals surface area contributed by atoms with Gasteiger partial charge in [0.25, 0.3) is 14.6 Å². The second kappa shape index (κ2) is 4.12. The molecule has 0 saturated heterocycles. The molecule has 0 fully saturated rings. The van der Waals surface area contributed by atoms with Crippen LogP contribution in [-0.4, -0.2) is 24.7 Å². The van der Waals surface area contributed by atoms with E-state index in [1.54, 1.807) is 0 Å². The third kappa shape index (κ3) is 2.57. The fourth-order valence-electron chi connectivity index (χ4n) is 0.936. The topological polar surface area (TPSA) is 76.4 Å². The summed E-state index contributed by atoms with van der Waals surface area (Å²) in [6, 6.07) is 2.21. The number of rotatable bonds is 3. The lowest BCUT2D eigenvalue weighted by Gasteiger charge is -2.03. The predicted molar refractivity (Wildman–Crippen MR) is 50.8 cm³/mol. The average molecular weight is 238 g/mol. The number of nitrogens with zero attached hydrogens (tertiary/aromatic N) is 1. The van der Waals surface area contributed by atoms with E-state index >= 15 is 0 Å². The Hall–Kier alpha value is -0.850. The van der Waals surface area contributed by atoms with Gasteiger partial charge in [0.05, 0.1) is 11.5 Å². The van der Waals surface area contributed by atoms with Crippen molar-refractivity contribution in [3.63, 3.8) is 0 Å². The van der Waals surface area contributed by atoms with Gasteiger partial charge in [0.1, 0.15) is 0 Å². The first kappa shape index (κ1) is 11.2. The normalized spacial score (nSPS) is 11.6. The van der Waals surface area contributed by atoms with Gasteiger partial charge < -0.3 is 9.67 Å². The van der Waals surface area contributed by atoms with E-state index in [-0.39, 0.29) is 23.6 Å². The summed E-state index contributed by atoms with van der Waals surface area (Å²) in [7, 11) is 1.25. The van der Waals surface area contributed by atoms with Crippen LogP contribution in [0.25, 0.3) is 0 Å². The molecule has 0 saturated carbocycles. The van der Waals surface area contributed by atoms with Crippen molar-refractivity contribution in [1.29, 1.82) is 0 Å². The van der Waals surface area contributed by atoms with Crippen LogP contribution in [0.1, 0.15) is 0 Å². The Bertz CT molecular complexity index is 479. The zero-order chi connectivity index (χ0) is 10.8. The summed E-state index contributed by atoms with van der Waals surface area (Å²) >= 11 is 0. The monoisotopic (exact) mass is 237 g/mol. The number of aliphatic hydroxyl groups is 1. The number of hydrogen-bond donors (Lipinski definition) is 1. The molecule has 1 aromatic rings. The number of halogens is 1. The molecule has 7 heteroatoms. The highest BCUT2D eigenvalue weighted by atomic mass is 35.7. The molecule has 78 valence electrons. The van der Waals surface area contributed by atoms with Gasteiger partial charge in [-0.05, 0) is 6.07 Å². The minimum atomic E-state index is -3.83. The first-order valence-corrected chi connectivity index (χ1v) is 6.02. The summed E-state index contributed by atoms with van der Waals surface area (Å²) in [5, 5.41) is 8.60. The molecule has 1 heterocycles. The maximum Gasteiger partial charge on any atom is 0.262 e. The number of pyridine rings is 1. The lowest BCUT2D eigenvalue weighted by atomic mass is 10.4. The van der Waals surface area contributed by atoms with Crippen LogP contribution in [0.4, 0.5) is 0 Å². The minimum Gasteiger partial charge on any atom is -0.395 e. The number of hydrogen-bond acceptors (Lipinski definition) is 4. The van der Waals surface area contributed by atoms with Gasteiger partial charge in [-0.25, -0.2) is 8.42 Å². The van der Waals surface area contributed by atoms with Crippen LogP contribution >= 0.6 is 10.7 Å². The van der Waals surface area contributed by atoms with E-state index in [9.17, 15) is 13.2 Å². The Balaban J connectivity index is 3.27. The minimum absolute atomic E-state index is 0.0408. The van der Waals surface area contributed by atoms with Gasteiger partial charge in [-0.1, -0.05) is 0 Å². The maximum absolute atomic E-state index is 11.1. The highest BCUT2D eigenvalue weighted by Crippen LogP contribution is 2.11. The molecule has 0 aliphatic carbocycles. The lowest BCUT2D eigenvalue weighted by Crippen LogP contribution is -2.20. The highest BCUT2D eigenvalue weighted by Gasteiger charge is 2.10. The smallest absolute Gasteiger partial charge is 0.262 e. The van der Waals surface area contributed by atoms with Crippen LogP contribution in [0, 0.1) is 0 Å². The Labute approximate surface area is 85.0 Å². The zero-order valence-electron chi connectivity index (χ0n) is 7.05. The third-order valence-corrected chi connectivity index (χ3v) is 2.92. The summed E-state index contributed by atoms with van der Waals surface area (Å²) in [6.45, 7) is -0.204. The van der Waals surface area contributed by atoms with Crippen molar-refractivity contribution in [2.24, 2.45) is 0 Å². The Morgan fingerprint density at radius 3 is 2.57 bits per heavy atom. The fraction of sp³-hybridized carbons (Fsp3) is 0.286. The second-order valence-electron chi connectivity index (χ2n) is 2.56. The largest absolute Gasteiger partial charge is 0.395 e. The summed E-state index contributed by atoms with van der Waals surface area (Å²) < 4.78 is 22.9. The van der Waals surface area contributed by atoms with E-state index in [0.29, 0.717) is 0 Å². The summed E-state index contributed by atoms with van der Waals surface area (Å²) in [5.74, 6) is 0. The van der Waals surface area contributed by atoms with Gasteiger partial charge >= 0.3 is 0 Å². The molecule has 1 rings (SSSR count). The molecule has 0 atom stereocenters. The van der Waals surface area contributed by atoms with Crippen molar-refractivity contribution in [2.75, 3.05) is 6.61 Å². The molecule has 0 aromatic carbocycles. The summed E-state index contributed by atoms with van der Waals surface area (Å²) in [4.78, 5) is 10.9. The Kier molecular flexibility index (Phi) is 3.30. The van der Waals surface area contributed by atoms with E-state index in [4.69, 9.17) is 15.8 Å². The third-order valence-electron chi connectivity index (χ3n) is 1.58. The fourth-order valence-corrected chi connectivity index (χ4v) is 1.69. The van der Waals surface area contributed by atoms with E-state index in [1.165, 1.54) is 0 Å². The van der Waals surface area contributed by atoms with Crippen molar-refractivity contribution >= 4 is 19.7 Å². The van der Waals surface area contributed by atoms with E-state index in [0.717, 1.165) is 22.9 Å². The average Bonchev–Trinajstić information content (AvgIpc) is 2.07. The van der Waals surface area contributed by atoms with Crippen molar-refractivity contribution in [3.05, 3.63) is 28.7 Å². The zero-order valence-corrected chi connectivity index (χ0v) is 8.62. The predicted octanol–water partition coefficient (Wildman–Crippen LogP) is -0.232. The molecule has 1 N–H and O–H groups in total. The lowest BCUT2D eigenvalue weighted by molar-refractivity contribution is 0.273.